The van der Waals surface area contributed by atoms with Crippen molar-refractivity contribution in [3.63, 3.8) is 0 Å². The standard InChI is InChI=1S/C19H31N4O6P/c1-12(2)23(13(3)4)30(27-10-6-8-20)29-17-14(5)18(28-15(17)11-24)22-9-7-16(25)21-19(22)26/h7,9,12-15,17-18,24H,6,10-11H2,1-5H3,(H,21,25,26)/t14-,15+,17?,18+,30?/m0/s1. The number of aromatic nitrogens is 2. The third-order valence-electron chi connectivity index (χ3n) is 4.83. The van der Waals surface area contributed by atoms with E-state index < -0.39 is 38.2 Å². The van der Waals surface area contributed by atoms with Gasteiger partial charge in [-0.3, -0.25) is 14.3 Å². The molecule has 1 aromatic rings. The molecule has 1 fully saturated rings. The Morgan fingerprint density at radius 3 is 2.57 bits per heavy atom. The summed E-state index contributed by atoms with van der Waals surface area (Å²) in [5, 5.41) is 18.7. The maximum absolute atomic E-state index is 12.2. The first-order valence-corrected chi connectivity index (χ1v) is 11.2. The van der Waals surface area contributed by atoms with E-state index in [2.05, 4.69) is 15.7 Å². The first-order chi connectivity index (χ1) is 14.2. The predicted molar refractivity (Wildman–Crippen MR) is 112 cm³/mol. The highest BCUT2D eigenvalue weighted by Crippen LogP contribution is 2.51. The van der Waals surface area contributed by atoms with E-state index in [1.165, 1.54) is 16.8 Å². The first-order valence-electron chi connectivity index (χ1n) is 10.0. The Hall–Kier alpha value is -1.60. The lowest BCUT2D eigenvalue weighted by molar-refractivity contribution is -0.0461. The van der Waals surface area contributed by atoms with Gasteiger partial charge in [-0.15, -0.1) is 0 Å². The number of nitrogens with zero attached hydrogens (tertiary/aromatic N) is 3. The summed E-state index contributed by atoms with van der Waals surface area (Å²) in [6, 6.07) is 3.56. The lowest BCUT2D eigenvalue weighted by atomic mass is 10.0. The molecule has 0 aliphatic carbocycles. The number of ether oxygens (including phenoxy) is 1. The molecule has 1 aliphatic rings. The van der Waals surface area contributed by atoms with Crippen LogP contribution in [0, 0.1) is 17.2 Å². The van der Waals surface area contributed by atoms with Gasteiger partial charge in [-0.1, -0.05) is 6.92 Å². The van der Waals surface area contributed by atoms with E-state index in [-0.39, 0.29) is 37.6 Å². The van der Waals surface area contributed by atoms with Crippen molar-refractivity contribution in [2.24, 2.45) is 5.92 Å². The molecule has 0 bridgehead atoms. The molecular weight excluding hydrogens is 411 g/mol. The molecule has 0 amide bonds. The highest BCUT2D eigenvalue weighted by atomic mass is 31.2. The highest BCUT2D eigenvalue weighted by molar-refractivity contribution is 7.44. The minimum atomic E-state index is -1.54. The van der Waals surface area contributed by atoms with Crippen molar-refractivity contribution < 1.29 is 18.9 Å². The average Bonchev–Trinajstić information content (AvgIpc) is 2.97. The van der Waals surface area contributed by atoms with Crippen LogP contribution in [-0.2, 0) is 13.8 Å². The van der Waals surface area contributed by atoms with Crippen molar-refractivity contribution in [2.75, 3.05) is 13.2 Å². The molecule has 2 unspecified atom stereocenters. The van der Waals surface area contributed by atoms with Gasteiger partial charge in [0.25, 0.3) is 14.1 Å². The lowest BCUT2D eigenvalue weighted by Gasteiger charge is -2.38. The van der Waals surface area contributed by atoms with E-state index >= 15 is 0 Å². The van der Waals surface area contributed by atoms with Crippen LogP contribution >= 0.6 is 8.53 Å². The minimum absolute atomic E-state index is 0.126. The fourth-order valence-electron chi connectivity index (χ4n) is 3.54. The van der Waals surface area contributed by atoms with Gasteiger partial charge in [0.2, 0.25) is 0 Å². The van der Waals surface area contributed by atoms with Crippen LogP contribution < -0.4 is 11.2 Å². The number of aliphatic hydroxyl groups excluding tert-OH is 1. The lowest BCUT2D eigenvalue weighted by Crippen LogP contribution is -2.38. The zero-order valence-electron chi connectivity index (χ0n) is 18.0. The fraction of sp³-hybridized carbons (Fsp3) is 0.737. The monoisotopic (exact) mass is 442 g/mol. The van der Waals surface area contributed by atoms with Crippen LogP contribution in [0.15, 0.2) is 21.9 Å². The van der Waals surface area contributed by atoms with Crippen molar-refractivity contribution in [3.8, 4) is 6.07 Å². The van der Waals surface area contributed by atoms with Crippen molar-refractivity contribution in [1.82, 2.24) is 14.2 Å². The molecule has 1 aromatic heterocycles. The molecule has 1 saturated heterocycles. The van der Waals surface area contributed by atoms with Crippen LogP contribution in [-0.4, -0.2) is 56.8 Å². The van der Waals surface area contributed by atoms with Crippen LogP contribution in [0.1, 0.15) is 47.3 Å². The summed E-state index contributed by atoms with van der Waals surface area (Å²) in [6.45, 7) is 9.93. The molecule has 0 spiro atoms. The number of hydrogen-bond acceptors (Lipinski definition) is 8. The Balaban J connectivity index is 2.29. The summed E-state index contributed by atoms with van der Waals surface area (Å²) >= 11 is 0. The largest absolute Gasteiger partial charge is 0.394 e. The molecule has 5 atom stereocenters. The molecule has 1 aliphatic heterocycles. The molecule has 10 nitrogen and oxygen atoms in total. The van der Waals surface area contributed by atoms with Gasteiger partial charge < -0.3 is 18.9 Å². The maximum Gasteiger partial charge on any atom is 0.330 e. The average molecular weight is 442 g/mol. The van der Waals surface area contributed by atoms with E-state index in [1.54, 1.807) is 0 Å². The molecule has 0 aromatic carbocycles. The van der Waals surface area contributed by atoms with Crippen LogP contribution in [0.2, 0.25) is 0 Å². The molecule has 11 heteroatoms. The molecule has 168 valence electrons. The summed E-state index contributed by atoms with van der Waals surface area (Å²) in [6.07, 6.45) is -0.317. The summed E-state index contributed by atoms with van der Waals surface area (Å²) in [5.41, 5.74) is -1.08. The van der Waals surface area contributed by atoms with Gasteiger partial charge in [0, 0.05) is 30.3 Å². The SMILES string of the molecule is CC(C)N(C(C)C)P(OCCC#N)OC1[C@@H](CO)O[C@@H](n2ccc(=O)[nH]c2=O)[C@H]1C. The summed E-state index contributed by atoms with van der Waals surface area (Å²) in [7, 11) is -1.54. The van der Waals surface area contributed by atoms with E-state index in [1.807, 2.05) is 34.6 Å². The van der Waals surface area contributed by atoms with Crippen LogP contribution in [0.4, 0.5) is 0 Å². The molecule has 2 heterocycles. The van der Waals surface area contributed by atoms with Gasteiger partial charge in [-0.05, 0) is 27.7 Å². The number of nitriles is 1. The molecule has 30 heavy (non-hydrogen) atoms. The van der Waals surface area contributed by atoms with Crippen molar-refractivity contribution in [2.45, 2.75) is 71.6 Å². The zero-order valence-corrected chi connectivity index (χ0v) is 18.9. The second-order valence-electron chi connectivity index (χ2n) is 7.74. The van der Waals surface area contributed by atoms with E-state index in [0.29, 0.717) is 0 Å². The first kappa shape index (κ1) is 24.7. The van der Waals surface area contributed by atoms with Gasteiger partial charge in [0.15, 0.2) is 0 Å². The number of hydrogen-bond donors (Lipinski definition) is 2. The van der Waals surface area contributed by atoms with Crippen molar-refractivity contribution in [3.05, 3.63) is 33.1 Å². The summed E-state index contributed by atoms with van der Waals surface area (Å²) in [4.78, 5) is 25.8. The molecule has 2 N–H and O–H groups in total. The van der Waals surface area contributed by atoms with Crippen molar-refractivity contribution >= 4 is 8.53 Å². The van der Waals surface area contributed by atoms with E-state index in [0.717, 1.165) is 0 Å². The fourth-order valence-corrected chi connectivity index (χ4v) is 5.38. The van der Waals surface area contributed by atoms with Gasteiger partial charge in [-0.2, -0.15) is 5.26 Å². The third-order valence-corrected chi connectivity index (χ3v) is 6.96. The maximum atomic E-state index is 12.2. The molecule has 0 radical (unpaired) electrons. The number of rotatable bonds is 10. The third kappa shape index (κ3) is 5.76. The predicted octanol–water partition coefficient (Wildman–Crippen LogP) is 1.72. The Bertz CT molecular complexity index is 827. The summed E-state index contributed by atoms with van der Waals surface area (Å²) < 4.78 is 21.6. The number of aromatic amines is 1. The van der Waals surface area contributed by atoms with Gasteiger partial charge >= 0.3 is 5.69 Å². The van der Waals surface area contributed by atoms with Crippen molar-refractivity contribution in [1.29, 1.82) is 5.26 Å². The smallest absolute Gasteiger partial charge is 0.330 e. The quantitative estimate of drug-likeness (QED) is 0.414. The summed E-state index contributed by atoms with van der Waals surface area (Å²) in [5.74, 6) is -0.309. The second kappa shape index (κ2) is 11.1. The Morgan fingerprint density at radius 2 is 2.03 bits per heavy atom. The second-order valence-corrected chi connectivity index (χ2v) is 9.15. The zero-order chi connectivity index (χ0) is 22.4. The number of H-pyrrole nitrogens is 1. The van der Waals surface area contributed by atoms with Gasteiger partial charge in [0.1, 0.15) is 18.4 Å². The minimum Gasteiger partial charge on any atom is -0.394 e. The molecular formula is C19H31N4O6P. The Morgan fingerprint density at radius 1 is 1.37 bits per heavy atom. The number of aliphatic hydroxyl groups is 1. The molecule has 2 rings (SSSR count). The van der Waals surface area contributed by atoms with E-state index in [4.69, 9.17) is 19.0 Å². The van der Waals surface area contributed by atoms with Crippen LogP contribution in [0.25, 0.3) is 0 Å². The van der Waals surface area contributed by atoms with E-state index in [9.17, 15) is 14.7 Å². The molecule has 0 saturated carbocycles. The number of nitrogens with one attached hydrogen (secondary N) is 1. The van der Waals surface area contributed by atoms with Gasteiger partial charge in [0.05, 0.1) is 25.7 Å². The Labute approximate surface area is 177 Å². The van der Waals surface area contributed by atoms with Crippen LogP contribution in [0.3, 0.4) is 0 Å². The topological polar surface area (TPSA) is 130 Å². The normalized spacial score (nSPS) is 25.2. The highest BCUT2D eigenvalue weighted by Gasteiger charge is 2.46. The van der Waals surface area contributed by atoms with Gasteiger partial charge in [-0.25, -0.2) is 9.46 Å². The van der Waals surface area contributed by atoms with Crippen LogP contribution in [0.5, 0.6) is 0 Å². The Kier molecular flexibility index (Phi) is 9.16.